The molecule has 19 heavy (non-hydrogen) atoms. The van der Waals surface area contributed by atoms with Gasteiger partial charge in [-0.05, 0) is 23.8 Å². The van der Waals surface area contributed by atoms with E-state index in [-0.39, 0.29) is 0 Å². The molecule has 0 spiro atoms. The molecule has 0 unspecified atom stereocenters. The predicted molar refractivity (Wildman–Crippen MR) is 77.5 cm³/mol. The number of hydrogen-bond acceptors (Lipinski definition) is 3. The number of pyridine rings is 1. The Bertz CT molecular complexity index is 618. The van der Waals surface area contributed by atoms with E-state index in [2.05, 4.69) is 4.98 Å². The molecule has 0 atom stereocenters. The second-order valence-electron chi connectivity index (χ2n) is 4.09. The summed E-state index contributed by atoms with van der Waals surface area (Å²) in [5, 5.41) is 10.0. The summed E-state index contributed by atoms with van der Waals surface area (Å²) in [6, 6.07) is 11.2. The molecule has 1 aromatic carbocycles. The Balaban J connectivity index is 2.23. The molecular formula is C14H11Cl2N3. The molecule has 5 heteroatoms. The summed E-state index contributed by atoms with van der Waals surface area (Å²) in [5.41, 5.74) is 1.52. The summed E-state index contributed by atoms with van der Waals surface area (Å²) in [6.07, 6.45) is 1.58. The lowest BCUT2D eigenvalue weighted by Gasteiger charge is -2.19. The molecule has 0 fully saturated rings. The number of nitriles is 1. The first-order valence-corrected chi connectivity index (χ1v) is 6.37. The highest BCUT2D eigenvalue weighted by Crippen LogP contribution is 2.26. The summed E-state index contributed by atoms with van der Waals surface area (Å²) < 4.78 is 0. The van der Waals surface area contributed by atoms with E-state index >= 15 is 0 Å². The van der Waals surface area contributed by atoms with E-state index in [4.69, 9.17) is 28.5 Å². The zero-order valence-electron chi connectivity index (χ0n) is 10.3. The third-order valence-electron chi connectivity index (χ3n) is 2.69. The number of rotatable bonds is 3. The van der Waals surface area contributed by atoms with Gasteiger partial charge in [0.25, 0.3) is 0 Å². The van der Waals surface area contributed by atoms with Crippen LogP contribution in [0.4, 0.5) is 5.82 Å². The summed E-state index contributed by atoms with van der Waals surface area (Å²) in [5.74, 6) is 0.593. The SMILES string of the molecule is CN(Cc1ccc(Cl)cc1)c1nccc(C#N)c1Cl. The number of aromatic nitrogens is 1. The minimum atomic E-state index is 0.376. The van der Waals surface area contributed by atoms with Gasteiger partial charge in [0.15, 0.2) is 0 Å². The van der Waals surface area contributed by atoms with Crippen LogP contribution in [0.3, 0.4) is 0 Å². The maximum Gasteiger partial charge on any atom is 0.148 e. The summed E-state index contributed by atoms with van der Waals surface area (Å²) >= 11 is 12.0. The molecule has 2 aromatic rings. The molecule has 3 nitrogen and oxygen atoms in total. The van der Waals surface area contributed by atoms with Crippen molar-refractivity contribution in [3.8, 4) is 6.07 Å². The van der Waals surface area contributed by atoms with E-state index in [1.54, 1.807) is 12.3 Å². The third kappa shape index (κ3) is 3.17. The maximum atomic E-state index is 8.95. The Morgan fingerprint density at radius 2 is 1.89 bits per heavy atom. The van der Waals surface area contributed by atoms with Crippen LogP contribution in [0, 0.1) is 11.3 Å². The van der Waals surface area contributed by atoms with Gasteiger partial charge in [-0.1, -0.05) is 35.3 Å². The normalized spacial score (nSPS) is 10.0. The zero-order valence-corrected chi connectivity index (χ0v) is 11.8. The van der Waals surface area contributed by atoms with Crippen molar-refractivity contribution in [2.24, 2.45) is 0 Å². The molecule has 0 aliphatic heterocycles. The van der Waals surface area contributed by atoms with Crippen LogP contribution in [-0.2, 0) is 6.54 Å². The van der Waals surface area contributed by atoms with Gasteiger partial charge < -0.3 is 4.90 Å². The molecule has 0 saturated carbocycles. The molecule has 0 aliphatic carbocycles. The first-order chi connectivity index (χ1) is 9.11. The molecule has 2 rings (SSSR count). The van der Waals surface area contributed by atoms with Crippen LogP contribution in [0.15, 0.2) is 36.5 Å². The standard InChI is InChI=1S/C14H11Cl2N3/c1-19(9-10-2-4-12(15)5-3-10)14-13(16)11(8-17)6-7-18-14/h2-7H,9H2,1H3. The van der Waals surface area contributed by atoms with Gasteiger partial charge in [-0.2, -0.15) is 5.26 Å². The van der Waals surface area contributed by atoms with Crippen LogP contribution in [-0.4, -0.2) is 12.0 Å². The summed E-state index contributed by atoms with van der Waals surface area (Å²) in [4.78, 5) is 6.11. The largest absolute Gasteiger partial charge is 0.354 e. The van der Waals surface area contributed by atoms with Gasteiger partial charge in [-0.25, -0.2) is 4.98 Å². The number of halogens is 2. The van der Waals surface area contributed by atoms with Crippen LogP contribution >= 0.6 is 23.2 Å². The van der Waals surface area contributed by atoms with E-state index in [1.165, 1.54) is 0 Å². The van der Waals surface area contributed by atoms with Gasteiger partial charge in [-0.15, -0.1) is 0 Å². The van der Waals surface area contributed by atoms with Crippen LogP contribution in [0.1, 0.15) is 11.1 Å². The van der Waals surface area contributed by atoms with Crippen LogP contribution in [0.5, 0.6) is 0 Å². The lowest BCUT2D eigenvalue weighted by atomic mass is 10.2. The number of hydrogen-bond donors (Lipinski definition) is 0. The van der Waals surface area contributed by atoms with Crippen LogP contribution in [0.2, 0.25) is 10.0 Å². The number of anilines is 1. The van der Waals surface area contributed by atoms with Crippen molar-refractivity contribution >= 4 is 29.0 Å². The zero-order chi connectivity index (χ0) is 13.8. The lowest BCUT2D eigenvalue weighted by Crippen LogP contribution is -2.18. The van der Waals surface area contributed by atoms with Crippen molar-refractivity contribution < 1.29 is 0 Å². The van der Waals surface area contributed by atoms with Gasteiger partial charge in [0.1, 0.15) is 16.9 Å². The smallest absolute Gasteiger partial charge is 0.148 e. The van der Waals surface area contributed by atoms with E-state index in [0.29, 0.717) is 28.0 Å². The van der Waals surface area contributed by atoms with Gasteiger partial charge in [0.05, 0.1) is 5.56 Å². The van der Waals surface area contributed by atoms with Gasteiger partial charge in [-0.3, -0.25) is 0 Å². The minimum Gasteiger partial charge on any atom is -0.354 e. The molecular weight excluding hydrogens is 281 g/mol. The Hall–Kier alpha value is -1.76. The molecule has 0 radical (unpaired) electrons. The molecule has 96 valence electrons. The fourth-order valence-electron chi connectivity index (χ4n) is 1.72. The topological polar surface area (TPSA) is 39.9 Å². The number of benzene rings is 1. The summed E-state index contributed by atoms with van der Waals surface area (Å²) in [7, 11) is 1.88. The fourth-order valence-corrected chi connectivity index (χ4v) is 2.15. The first-order valence-electron chi connectivity index (χ1n) is 5.62. The first kappa shape index (κ1) is 13.7. The molecule has 1 aromatic heterocycles. The second-order valence-corrected chi connectivity index (χ2v) is 4.90. The Kier molecular flexibility index (Phi) is 4.26. The fraction of sp³-hybridized carbons (Fsp3) is 0.143. The number of nitrogens with zero attached hydrogens (tertiary/aromatic N) is 3. The molecule has 0 N–H and O–H groups in total. The average Bonchev–Trinajstić information content (AvgIpc) is 2.41. The van der Waals surface area contributed by atoms with E-state index in [1.807, 2.05) is 42.3 Å². The highest BCUT2D eigenvalue weighted by Gasteiger charge is 2.11. The monoisotopic (exact) mass is 291 g/mol. The van der Waals surface area contributed by atoms with E-state index < -0.39 is 0 Å². The minimum absolute atomic E-state index is 0.376. The van der Waals surface area contributed by atoms with E-state index in [9.17, 15) is 0 Å². The molecule has 0 bridgehead atoms. The van der Waals surface area contributed by atoms with Crippen molar-refractivity contribution in [1.82, 2.24) is 4.98 Å². The Labute approximate surface area is 122 Å². The van der Waals surface area contributed by atoms with Crippen molar-refractivity contribution in [3.05, 3.63) is 57.7 Å². The molecule has 0 aliphatic rings. The van der Waals surface area contributed by atoms with Crippen LogP contribution < -0.4 is 4.90 Å². The van der Waals surface area contributed by atoms with Gasteiger partial charge >= 0.3 is 0 Å². The van der Waals surface area contributed by atoms with Gasteiger partial charge in [0.2, 0.25) is 0 Å². The second kappa shape index (κ2) is 5.92. The quantitative estimate of drug-likeness (QED) is 0.861. The predicted octanol–water partition coefficient (Wildman–Crippen LogP) is 3.90. The van der Waals surface area contributed by atoms with Crippen molar-refractivity contribution in [2.75, 3.05) is 11.9 Å². The Morgan fingerprint density at radius 3 is 2.53 bits per heavy atom. The molecule has 0 saturated heterocycles. The maximum absolute atomic E-state index is 8.95. The van der Waals surface area contributed by atoms with Crippen molar-refractivity contribution in [1.29, 1.82) is 5.26 Å². The highest BCUT2D eigenvalue weighted by atomic mass is 35.5. The molecule has 0 amide bonds. The van der Waals surface area contributed by atoms with Crippen molar-refractivity contribution in [3.63, 3.8) is 0 Å². The summed E-state index contributed by atoms with van der Waals surface area (Å²) in [6.45, 7) is 0.638. The average molecular weight is 292 g/mol. The van der Waals surface area contributed by atoms with Crippen LogP contribution in [0.25, 0.3) is 0 Å². The lowest BCUT2D eigenvalue weighted by molar-refractivity contribution is 0.897. The van der Waals surface area contributed by atoms with E-state index in [0.717, 1.165) is 5.56 Å². The Morgan fingerprint density at radius 1 is 1.21 bits per heavy atom. The van der Waals surface area contributed by atoms with Gasteiger partial charge in [0, 0.05) is 24.8 Å². The molecule has 1 heterocycles. The third-order valence-corrected chi connectivity index (χ3v) is 3.31. The highest BCUT2D eigenvalue weighted by molar-refractivity contribution is 6.34. The van der Waals surface area contributed by atoms with Crippen molar-refractivity contribution in [2.45, 2.75) is 6.54 Å².